The Labute approximate surface area is 235 Å². The van der Waals surface area contributed by atoms with Crippen molar-refractivity contribution in [2.75, 3.05) is 5.32 Å². The molecule has 2 atom stereocenters. The molecular formula is C32H30F4N2O3. The monoisotopic (exact) mass is 566 g/mol. The van der Waals surface area contributed by atoms with E-state index in [1.807, 2.05) is 6.07 Å². The van der Waals surface area contributed by atoms with Gasteiger partial charge in [-0.1, -0.05) is 56.0 Å². The number of carbonyl (C=O) groups excluding carboxylic acids is 2. The van der Waals surface area contributed by atoms with Crippen LogP contribution in [0, 0.1) is 17.2 Å². The highest BCUT2D eigenvalue weighted by atomic mass is 19.4. The van der Waals surface area contributed by atoms with Crippen LogP contribution in [-0.2, 0) is 24.3 Å². The molecule has 0 saturated heterocycles. The van der Waals surface area contributed by atoms with Gasteiger partial charge in [0.2, 0.25) is 5.91 Å². The minimum Gasteiger partial charge on any atom is -0.512 e. The van der Waals surface area contributed by atoms with Gasteiger partial charge in [0.05, 0.1) is 24.1 Å². The fourth-order valence-electron chi connectivity index (χ4n) is 5.48. The predicted octanol–water partition coefficient (Wildman–Crippen LogP) is 7.30. The fraction of sp³-hybridized carbons (Fsp3) is 0.312. The fourth-order valence-corrected chi connectivity index (χ4v) is 5.48. The minimum absolute atomic E-state index is 0.103. The maximum atomic E-state index is 14.1. The lowest BCUT2D eigenvalue weighted by molar-refractivity contribution is -0.178. The van der Waals surface area contributed by atoms with E-state index in [0.29, 0.717) is 28.8 Å². The quantitative estimate of drug-likeness (QED) is 0.211. The van der Waals surface area contributed by atoms with Crippen molar-refractivity contribution in [3.05, 3.63) is 113 Å². The SMILES string of the molecule is C=C(O)C1(Cc2cccc(NC(=O)[C@H](c3ccc(CN4Cc5c(F)cccc5C4=O)cc3)[C@@H](C)C(F)(F)F)c2)CC1. The van der Waals surface area contributed by atoms with E-state index >= 15 is 0 Å². The van der Waals surface area contributed by atoms with Crippen molar-refractivity contribution in [3.8, 4) is 0 Å². The van der Waals surface area contributed by atoms with Crippen LogP contribution in [0.4, 0.5) is 23.2 Å². The summed E-state index contributed by atoms with van der Waals surface area (Å²) < 4.78 is 55.8. The third-order valence-electron chi connectivity index (χ3n) is 8.20. The highest BCUT2D eigenvalue weighted by Gasteiger charge is 2.46. The van der Waals surface area contributed by atoms with Crippen molar-refractivity contribution in [2.24, 2.45) is 11.3 Å². The van der Waals surface area contributed by atoms with Crippen LogP contribution in [0.15, 0.2) is 79.1 Å². The number of fused-ring (bicyclic) bond motifs is 1. The molecule has 5 rings (SSSR count). The summed E-state index contributed by atoms with van der Waals surface area (Å²) in [6.07, 6.45) is -2.50. The molecule has 5 nitrogen and oxygen atoms in total. The van der Waals surface area contributed by atoms with Crippen molar-refractivity contribution in [2.45, 2.75) is 51.4 Å². The maximum Gasteiger partial charge on any atom is 0.392 e. The van der Waals surface area contributed by atoms with Gasteiger partial charge in [-0.2, -0.15) is 13.2 Å². The first-order valence-electron chi connectivity index (χ1n) is 13.4. The Bertz CT molecular complexity index is 1500. The summed E-state index contributed by atoms with van der Waals surface area (Å²) in [6.45, 7) is 4.88. The molecule has 0 radical (unpaired) electrons. The Kier molecular flexibility index (Phi) is 7.40. The van der Waals surface area contributed by atoms with Crippen LogP contribution in [0.5, 0.6) is 0 Å². The largest absolute Gasteiger partial charge is 0.512 e. The third kappa shape index (κ3) is 5.85. The normalized spacial score (nSPS) is 17.1. The van der Waals surface area contributed by atoms with Crippen LogP contribution in [0.1, 0.15) is 58.3 Å². The molecule has 2 N–H and O–H groups in total. The molecule has 2 aliphatic rings. The topological polar surface area (TPSA) is 69.6 Å². The number of benzene rings is 3. The number of allylic oxidation sites excluding steroid dienone is 1. The zero-order valence-electron chi connectivity index (χ0n) is 22.5. The van der Waals surface area contributed by atoms with E-state index in [9.17, 15) is 32.3 Å². The van der Waals surface area contributed by atoms with Crippen molar-refractivity contribution in [1.29, 1.82) is 0 Å². The van der Waals surface area contributed by atoms with E-state index in [4.69, 9.17) is 0 Å². The van der Waals surface area contributed by atoms with Crippen molar-refractivity contribution < 1.29 is 32.3 Å². The molecule has 1 heterocycles. The van der Waals surface area contributed by atoms with E-state index in [1.54, 1.807) is 36.4 Å². The smallest absolute Gasteiger partial charge is 0.392 e. The molecular weight excluding hydrogens is 536 g/mol. The average Bonchev–Trinajstić information content (AvgIpc) is 3.63. The predicted molar refractivity (Wildman–Crippen MR) is 147 cm³/mol. The van der Waals surface area contributed by atoms with Crippen LogP contribution in [0.3, 0.4) is 0 Å². The molecule has 1 aliphatic heterocycles. The van der Waals surface area contributed by atoms with E-state index < -0.39 is 29.7 Å². The number of nitrogens with zero attached hydrogens (tertiary/aromatic N) is 1. The zero-order chi connectivity index (χ0) is 29.5. The number of hydrogen-bond acceptors (Lipinski definition) is 3. The Balaban J connectivity index is 1.33. The van der Waals surface area contributed by atoms with E-state index in [-0.39, 0.29) is 35.7 Å². The van der Waals surface area contributed by atoms with E-state index in [2.05, 4.69) is 11.9 Å². The number of alkyl halides is 3. The van der Waals surface area contributed by atoms with Gasteiger partial charge in [0.25, 0.3) is 5.91 Å². The van der Waals surface area contributed by atoms with Gasteiger partial charge in [0.15, 0.2) is 0 Å². The molecule has 1 saturated carbocycles. The van der Waals surface area contributed by atoms with Gasteiger partial charge in [0, 0.05) is 28.8 Å². The summed E-state index contributed by atoms with van der Waals surface area (Å²) in [6, 6.07) is 17.3. The number of amides is 2. The van der Waals surface area contributed by atoms with Gasteiger partial charge >= 0.3 is 6.18 Å². The van der Waals surface area contributed by atoms with Crippen LogP contribution >= 0.6 is 0 Å². The average molecular weight is 567 g/mol. The minimum atomic E-state index is -4.62. The second kappa shape index (κ2) is 10.7. The van der Waals surface area contributed by atoms with Gasteiger partial charge < -0.3 is 15.3 Å². The van der Waals surface area contributed by atoms with Gasteiger partial charge in [0.1, 0.15) is 5.82 Å². The van der Waals surface area contributed by atoms with Crippen molar-refractivity contribution in [1.82, 2.24) is 4.90 Å². The molecule has 0 unspecified atom stereocenters. The van der Waals surface area contributed by atoms with Crippen molar-refractivity contribution in [3.63, 3.8) is 0 Å². The molecule has 3 aromatic rings. The van der Waals surface area contributed by atoms with Crippen LogP contribution in [0.2, 0.25) is 0 Å². The standard InChI is InChI=1S/C32H30F4N2O3/c1-19(32(34,35)36)28(29(40)37-24-6-3-5-22(15-24)16-31(13-14-31)20(2)39)23-11-9-21(10-12-23)17-38-18-26-25(30(38)41)7-4-8-27(26)33/h3-12,15,19,28,39H,2,13-14,16-18H2,1H3,(H,37,40)/t19-,28+/m1/s1. The first-order valence-corrected chi connectivity index (χ1v) is 13.4. The summed E-state index contributed by atoms with van der Waals surface area (Å²) >= 11 is 0. The van der Waals surface area contributed by atoms with Crippen LogP contribution < -0.4 is 5.32 Å². The molecule has 0 aromatic heterocycles. The van der Waals surface area contributed by atoms with Gasteiger partial charge in [-0.3, -0.25) is 9.59 Å². The Morgan fingerprint density at radius 1 is 1.07 bits per heavy atom. The Morgan fingerprint density at radius 3 is 2.37 bits per heavy atom. The molecule has 3 aromatic carbocycles. The van der Waals surface area contributed by atoms with Gasteiger partial charge in [-0.25, -0.2) is 4.39 Å². The van der Waals surface area contributed by atoms with Crippen molar-refractivity contribution >= 4 is 17.5 Å². The summed E-state index contributed by atoms with van der Waals surface area (Å²) in [4.78, 5) is 27.5. The summed E-state index contributed by atoms with van der Waals surface area (Å²) in [7, 11) is 0. The highest BCUT2D eigenvalue weighted by molar-refractivity contribution is 5.98. The summed E-state index contributed by atoms with van der Waals surface area (Å²) in [5.41, 5.74) is 2.26. The second-order valence-electron chi connectivity index (χ2n) is 11.1. The number of aliphatic hydroxyl groups excluding tert-OH is 1. The summed E-state index contributed by atoms with van der Waals surface area (Å²) in [5.74, 6) is -4.95. The Morgan fingerprint density at radius 2 is 1.76 bits per heavy atom. The van der Waals surface area contributed by atoms with Crippen LogP contribution in [0.25, 0.3) is 0 Å². The number of anilines is 1. The van der Waals surface area contributed by atoms with E-state index in [1.165, 1.54) is 29.2 Å². The second-order valence-corrected chi connectivity index (χ2v) is 11.1. The van der Waals surface area contributed by atoms with Gasteiger partial charge in [-0.05, 0) is 60.2 Å². The number of nitrogens with one attached hydrogen (secondary N) is 1. The lowest BCUT2D eigenvalue weighted by Crippen LogP contribution is -2.34. The first kappa shape index (κ1) is 28.4. The lowest BCUT2D eigenvalue weighted by atomic mass is 9.85. The number of halogens is 4. The summed E-state index contributed by atoms with van der Waals surface area (Å²) in [5, 5.41) is 12.6. The molecule has 0 spiro atoms. The number of rotatable bonds is 9. The highest BCUT2D eigenvalue weighted by Crippen LogP contribution is 2.52. The molecule has 214 valence electrons. The van der Waals surface area contributed by atoms with Gasteiger partial charge in [-0.15, -0.1) is 0 Å². The molecule has 1 aliphatic carbocycles. The number of hydrogen-bond donors (Lipinski definition) is 2. The third-order valence-corrected chi connectivity index (χ3v) is 8.20. The Hall–Kier alpha value is -4.14. The zero-order valence-corrected chi connectivity index (χ0v) is 22.5. The molecule has 0 bridgehead atoms. The first-order chi connectivity index (χ1) is 19.4. The lowest BCUT2D eigenvalue weighted by Gasteiger charge is -2.26. The maximum absolute atomic E-state index is 14.1. The molecule has 9 heteroatoms. The molecule has 2 amide bonds. The molecule has 1 fully saturated rings. The number of aliphatic hydroxyl groups is 1. The van der Waals surface area contributed by atoms with Crippen LogP contribution in [-0.4, -0.2) is 28.0 Å². The molecule has 41 heavy (non-hydrogen) atoms. The van der Waals surface area contributed by atoms with E-state index in [0.717, 1.165) is 25.3 Å². The number of carbonyl (C=O) groups is 2.